The number of hydrogen-bond acceptors (Lipinski definition) is 2. The van der Waals surface area contributed by atoms with E-state index in [1.54, 1.807) is 0 Å². The molecule has 0 saturated carbocycles. The fourth-order valence-electron chi connectivity index (χ4n) is 2.10. The van der Waals surface area contributed by atoms with Crippen LogP contribution < -0.4 is 5.73 Å². The summed E-state index contributed by atoms with van der Waals surface area (Å²) in [5, 5.41) is 0. The van der Waals surface area contributed by atoms with E-state index in [1.807, 2.05) is 12.5 Å². The van der Waals surface area contributed by atoms with E-state index in [0.717, 1.165) is 18.7 Å². The molecule has 2 rings (SSSR count). The maximum absolute atomic E-state index is 6.24. The van der Waals surface area contributed by atoms with Crippen LogP contribution in [0.25, 0.3) is 0 Å². The van der Waals surface area contributed by atoms with Crippen molar-refractivity contribution in [2.24, 2.45) is 5.73 Å². The summed E-state index contributed by atoms with van der Waals surface area (Å²) in [5.41, 5.74) is 11.1. The van der Waals surface area contributed by atoms with Gasteiger partial charge in [0.2, 0.25) is 0 Å². The molecule has 0 fully saturated rings. The molecule has 0 bridgehead atoms. The molecule has 3 nitrogen and oxygen atoms in total. The van der Waals surface area contributed by atoms with Crippen molar-refractivity contribution in [1.82, 2.24) is 9.55 Å². The lowest BCUT2D eigenvalue weighted by Gasteiger charge is -2.12. The molecule has 18 heavy (non-hydrogen) atoms. The van der Waals surface area contributed by atoms with Crippen molar-refractivity contribution >= 4 is 0 Å². The molecule has 96 valence electrons. The summed E-state index contributed by atoms with van der Waals surface area (Å²) >= 11 is 0. The molecule has 0 aliphatic rings. The Kier molecular flexibility index (Phi) is 3.82. The highest BCUT2D eigenvalue weighted by molar-refractivity contribution is 5.31. The number of hydrogen-bond donors (Lipinski definition) is 1. The summed E-state index contributed by atoms with van der Waals surface area (Å²) in [6.07, 6.45) is 4.72. The first kappa shape index (κ1) is 12.8. The molecule has 2 aromatic rings. The van der Waals surface area contributed by atoms with Gasteiger partial charge in [0.15, 0.2) is 0 Å². The van der Waals surface area contributed by atoms with Crippen molar-refractivity contribution < 1.29 is 0 Å². The van der Waals surface area contributed by atoms with Gasteiger partial charge in [-0.15, -0.1) is 0 Å². The lowest BCUT2D eigenvalue weighted by Crippen LogP contribution is -2.14. The summed E-state index contributed by atoms with van der Waals surface area (Å²) in [7, 11) is 0. The topological polar surface area (TPSA) is 43.8 Å². The zero-order valence-electron chi connectivity index (χ0n) is 11.4. The van der Waals surface area contributed by atoms with Gasteiger partial charge in [-0.05, 0) is 38.3 Å². The number of nitrogens with zero attached hydrogens (tertiary/aromatic N) is 2. The Morgan fingerprint density at radius 3 is 2.78 bits per heavy atom. The lowest BCUT2D eigenvalue weighted by atomic mass is 9.98. The number of benzene rings is 1. The molecule has 0 aliphatic heterocycles. The monoisotopic (exact) mass is 243 g/mol. The third-order valence-electron chi connectivity index (χ3n) is 3.34. The highest BCUT2D eigenvalue weighted by atomic mass is 15.0. The van der Waals surface area contributed by atoms with Crippen molar-refractivity contribution in [1.29, 1.82) is 0 Å². The smallest absolute Gasteiger partial charge is 0.0950 e. The van der Waals surface area contributed by atoms with Gasteiger partial charge >= 0.3 is 0 Å². The SMILES string of the molecule is CCn1cnc(C(N)Cc2cc(C)ccc2C)c1. The Labute approximate surface area is 109 Å². The Morgan fingerprint density at radius 2 is 2.11 bits per heavy atom. The van der Waals surface area contributed by atoms with Crippen LogP contribution in [-0.2, 0) is 13.0 Å². The van der Waals surface area contributed by atoms with Gasteiger partial charge in [-0.1, -0.05) is 23.8 Å². The standard InChI is InChI=1S/C15H21N3/c1-4-18-9-15(17-10-18)14(16)8-13-7-11(2)5-6-12(13)3/h5-7,9-10,14H,4,8,16H2,1-3H3. The first-order valence-electron chi connectivity index (χ1n) is 6.43. The number of aryl methyl sites for hydroxylation is 3. The number of nitrogens with two attached hydrogens (primary N) is 1. The summed E-state index contributed by atoms with van der Waals surface area (Å²) in [6.45, 7) is 7.28. The fourth-order valence-corrected chi connectivity index (χ4v) is 2.10. The highest BCUT2D eigenvalue weighted by Gasteiger charge is 2.11. The average molecular weight is 243 g/mol. The first-order chi connectivity index (χ1) is 8.60. The number of rotatable bonds is 4. The van der Waals surface area contributed by atoms with Gasteiger partial charge in [0, 0.05) is 12.7 Å². The van der Waals surface area contributed by atoms with Gasteiger partial charge in [0.05, 0.1) is 18.1 Å². The van der Waals surface area contributed by atoms with Crippen molar-refractivity contribution in [2.75, 3.05) is 0 Å². The van der Waals surface area contributed by atoms with E-state index >= 15 is 0 Å². The molecule has 1 heterocycles. The second-order valence-corrected chi connectivity index (χ2v) is 4.87. The van der Waals surface area contributed by atoms with Gasteiger partial charge < -0.3 is 10.3 Å². The van der Waals surface area contributed by atoms with Gasteiger partial charge in [-0.3, -0.25) is 0 Å². The minimum Gasteiger partial charge on any atom is -0.337 e. The lowest BCUT2D eigenvalue weighted by molar-refractivity contribution is 0.694. The van der Waals surface area contributed by atoms with Crippen LogP contribution in [-0.4, -0.2) is 9.55 Å². The predicted molar refractivity (Wildman–Crippen MR) is 74.4 cm³/mol. The van der Waals surface area contributed by atoms with Crippen LogP contribution in [0.2, 0.25) is 0 Å². The molecular weight excluding hydrogens is 222 g/mol. The average Bonchev–Trinajstić information content (AvgIpc) is 2.82. The maximum atomic E-state index is 6.24. The van der Waals surface area contributed by atoms with Crippen molar-refractivity contribution in [2.45, 2.75) is 39.8 Å². The number of aromatic nitrogens is 2. The van der Waals surface area contributed by atoms with E-state index in [9.17, 15) is 0 Å². The third-order valence-corrected chi connectivity index (χ3v) is 3.34. The van der Waals surface area contributed by atoms with Gasteiger partial charge in [0.1, 0.15) is 0 Å². The van der Waals surface area contributed by atoms with Crippen molar-refractivity contribution in [3.63, 3.8) is 0 Å². The Morgan fingerprint density at radius 1 is 1.33 bits per heavy atom. The summed E-state index contributed by atoms with van der Waals surface area (Å²) in [5.74, 6) is 0. The van der Waals surface area contributed by atoms with Crippen molar-refractivity contribution in [3.05, 3.63) is 53.1 Å². The van der Waals surface area contributed by atoms with E-state index in [4.69, 9.17) is 5.73 Å². The molecule has 1 atom stereocenters. The summed E-state index contributed by atoms with van der Waals surface area (Å²) in [4.78, 5) is 4.37. The first-order valence-corrected chi connectivity index (χ1v) is 6.43. The van der Waals surface area contributed by atoms with Crippen LogP contribution in [0.5, 0.6) is 0 Å². The molecular formula is C15H21N3. The van der Waals surface area contributed by atoms with Crippen LogP contribution in [0, 0.1) is 13.8 Å². The van der Waals surface area contributed by atoms with E-state index in [1.165, 1.54) is 16.7 Å². The van der Waals surface area contributed by atoms with Crippen LogP contribution in [0.1, 0.15) is 35.3 Å². The van der Waals surface area contributed by atoms with Gasteiger partial charge in [-0.2, -0.15) is 0 Å². The molecule has 2 N–H and O–H groups in total. The molecule has 0 saturated heterocycles. The molecule has 0 aliphatic carbocycles. The molecule has 1 unspecified atom stereocenters. The second-order valence-electron chi connectivity index (χ2n) is 4.87. The Hall–Kier alpha value is -1.61. The van der Waals surface area contributed by atoms with Crippen LogP contribution in [0.4, 0.5) is 0 Å². The van der Waals surface area contributed by atoms with E-state index < -0.39 is 0 Å². The molecule has 3 heteroatoms. The molecule has 0 radical (unpaired) electrons. The van der Waals surface area contributed by atoms with Crippen LogP contribution in [0.3, 0.4) is 0 Å². The van der Waals surface area contributed by atoms with Crippen molar-refractivity contribution in [3.8, 4) is 0 Å². The van der Waals surface area contributed by atoms with Gasteiger partial charge in [-0.25, -0.2) is 4.98 Å². The van der Waals surface area contributed by atoms with E-state index in [2.05, 4.69) is 48.5 Å². The normalized spacial score (nSPS) is 12.7. The highest BCUT2D eigenvalue weighted by Crippen LogP contribution is 2.18. The van der Waals surface area contributed by atoms with Crippen LogP contribution in [0.15, 0.2) is 30.7 Å². The molecule has 1 aromatic carbocycles. The molecule has 1 aromatic heterocycles. The fraction of sp³-hybridized carbons (Fsp3) is 0.400. The zero-order chi connectivity index (χ0) is 13.1. The second kappa shape index (κ2) is 5.36. The largest absolute Gasteiger partial charge is 0.337 e. The van der Waals surface area contributed by atoms with Crippen LogP contribution >= 0.6 is 0 Å². The Bertz CT molecular complexity index is 528. The summed E-state index contributed by atoms with van der Waals surface area (Å²) < 4.78 is 2.05. The van der Waals surface area contributed by atoms with Gasteiger partial charge in [0.25, 0.3) is 0 Å². The zero-order valence-corrected chi connectivity index (χ0v) is 11.4. The Balaban J connectivity index is 2.15. The quantitative estimate of drug-likeness (QED) is 0.897. The third kappa shape index (κ3) is 2.79. The maximum Gasteiger partial charge on any atom is 0.0950 e. The minimum absolute atomic E-state index is 0.0294. The predicted octanol–water partition coefficient (Wildman–Crippen LogP) is 2.76. The number of imidazole rings is 1. The molecule has 0 amide bonds. The van der Waals surface area contributed by atoms with E-state index in [-0.39, 0.29) is 6.04 Å². The molecule has 0 spiro atoms. The minimum atomic E-state index is -0.0294. The summed E-state index contributed by atoms with van der Waals surface area (Å²) in [6, 6.07) is 6.47. The van der Waals surface area contributed by atoms with E-state index in [0.29, 0.717) is 0 Å².